The molecule has 0 saturated heterocycles. The number of hydrogen-bond acceptors (Lipinski definition) is 4. The minimum absolute atomic E-state index is 0.650. The van der Waals surface area contributed by atoms with Crippen molar-refractivity contribution in [1.29, 1.82) is 0 Å². The molecule has 3 N–H and O–H groups in total. The first-order valence-corrected chi connectivity index (χ1v) is 6.98. The third-order valence-corrected chi connectivity index (χ3v) is 3.26. The van der Waals surface area contributed by atoms with Gasteiger partial charge in [0.15, 0.2) is 5.82 Å². The van der Waals surface area contributed by atoms with Crippen LogP contribution in [0.3, 0.4) is 0 Å². The molecule has 4 heteroatoms. The van der Waals surface area contributed by atoms with Crippen molar-refractivity contribution in [2.75, 3.05) is 11.1 Å². The maximum absolute atomic E-state index is 6.18. The molecule has 0 amide bonds. The van der Waals surface area contributed by atoms with Crippen molar-refractivity contribution in [3.63, 3.8) is 0 Å². The molecule has 1 aromatic heterocycles. The molecule has 20 heavy (non-hydrogen) atoms. The number of nitrogens with one attached hydrogen (secondary N) is 1. The van der Waals surface area contributed by atoms with E-state index in [1.54, 1.807) is 0 Å². The average molecular weight is 270 g/mol. The SMILES string of the molecule is CCCc1nc(C)nc(Nc2ccc(C)cc2C)c1N. The summed E-state index contributed by atoms with van der Waals surface area (Å²) in [7, 11) is 0. The molecular weight excluding hydrogens is 248 g/mol. The van der Waals surface area contributed by atoms with Gasteiger partial charge in [-0.05, 0) is 38.8 Å². The number of benzene rings is 1. The Hall–Kier alpha value is -2.10. The van der Waals surface area contributed by atoms with E-state index in [9.17, 15) is 0 Å². The lowest BCUT2D eigenvalue weighted by Crippen LogP contribution is -2.08. The van der Waals surface area contributed by atoms with Crippen molar-refractivity contribution in [3.05, 3.63) is 40.8 Å². The number of aromatic nitrogens is 2. The summed E-state index contributed by atoms with van der Waals surface area (Å²) in [5, 5.41) is 3.33. The Bertz CT molecular complexity index is 620. The van der Waals surface area contributed by atoms with Gasteiger partial charge in [0.25, 0.3) is 0 Å². The lowest BCUT2D eigenvalue weighted by Gasteiger charge is -2.14. The largest absolute Gasteiger partial charge is 0.394 e. The van der Waals surface area contributed by atoms with E-state index in [-0.39, 0.29) is 0 Å². The maximum atomic E-state index is 6.18. The van der Waals surface area contributed by atoms with Gasteiger partial charge in [-0.3, -0.25) is 0 Å². The molecule has 0 saturated carbocycles. The predicted molar refractivity (Wildman–Crippen MR) is 84.4 cm³/mol. The molecule has 0 bridgehead atoms. The second kappa shape index (κ2) is 5.90. The van der Waals surface area contributed by atoms with E-state index in [4.69, 9.17) is 5.73 Å². The third kappa shape index (κ3) is 3.07. The highest BCUT2D eigenvalue weighted by Crippen LogP contribution is 2.26. The van der Waals surface area contributed by atoms with Crippen molar-refractivity contribution in [2.24, 2.45) is 0 Å². The van der Waals surface area contributed by atoms with Crippen LogP contribution in [0.25, 0.3) is 0 Å². The first-order valence-electron chi connectivity index (χ1n) is 6.98. The van der Waals surface area contributed by atoms with Crippen molar-refractivity contribution in [3.8, 4) is 0 Å². The van der Waals surface area contributed by atoms with E-state index >= 15 is 0 Å². The van der Waals surface area contributed by atoms with Crippen molar-refractivity contribution in [1.82, 2.24) is 9.97 Å². The lowest BCUT2D eigenvalue weighted by atomic mass is 10.1. The Kier molecular flexibility index (Phi) is 4.23. The lowest BCUT2D eigenvalue weighted by molar-refractivity contribution is 0.862. The summed E-state index contributed by atoms with van der Waals surface area (Å²) in [4.78, 5) is 8.85. The van der Waals surface area contributed by atoms with Gasteiger partial charge in [0, 0.05) is 5.69 Å². The zero-order valence-electron chi connectivity index (χ0n) is 12.6. The van der Waals surface area contributed by atoms with E-state index in [0.717, 1.165) is 30.0 Å². The van der Waals surface area contributed by atoms with Gasteiger partial charge in [0.2, 0.25) is 0 Å². The van der Waals surface area contributed by atoms with Gasteiger partial charge < -0.3 is 11.1 Å². The summed E-state index contributed by atoms with van der Waals surface area (Å²) in [5.41, 5.74) is 11.2. The Labute approximate surface area is 120 Å². The fourth-order valence-electron chi connectivity index (χ4n) is 2.24. The molecule has 0 unspecified atom stereocenters. The van der Waals surface area contributed by atoms with Crippen molar-refractivity contribution >= 4 is 17.2 Å². The van der Waals surface area contributed by atoms with Crippen LogP contribution in [0.4, 0.5) is 17.2 Å². The quantitative estimate of drug-likeness (QED) is 0.889. The minimum atomic E-state index is 0.650. The highest BCUT2D eigenvalue weighted by molar-refractivity contribution is 5.72. The van der Waals surface area contributed by atoms with Crippen LogP contribution in [0.2, 0.25) is 0 Å². The smallest absolute Gasteiger partial charge is 0.157 e. The Morgan fingerprint density at radius 1 is 1.15 bits per heavy atom. The standard InChI is InChI=1S/C16H22N4/c1-5-6-14-15(17)16(19-12(4)18-14)20-13-8-7-10(2)9-11(13)3/h7-9H,5-6,17H2,1-4H3,(H,18,19,20). The predicted octanol–water partition coefficient (Wildman–Crippen LogP) is 3.68. The summed E-state index contributed by atoms with van der Waals surface area (Å²) in [5.74, 6) is 1.45. The number of anilines is 3. The molecule has 0 aliphatic carbocycles. The molecule has 106 valence electrons. The van der Waals surface area contributed by atoms with E-state index in [1.807, 2.05) is 6.92 Å². The number of rotatable bonds is 4. The second-order valence-electron chi connectivity index (χ2n) is 5.17. The monoisotopic (exact) mass is 270 g/mol. The number of nitrogens with zero attached hydrogens (tertiary/aromatic N) is 2. The van der Waals surface area contributed by atoms with Crippen LogP contribution in [0.15, 0.2) is 18.2 Å². The zero-order valence-corrected chi connectivity index (χ0v) is 12.6. The molecule has 1 heterocycles. The first-order chi connectivity index (χ1) is 9.51. The highest BCUT2D eigenvalue weighted by atomic mass is 15.1. The minimum Gasteiger partial charge on any atom is -0.394 e. The van der Waals surface area contributed by atoms with Gasteiger partial charge in [0.1, 0.15) is 5.82 Å². The van der Waals surface area contributed by atoms with Crippen LogP contribution in [0.1, 0.15) is 36.0 Å². The summed E-state index contributed by atoms with van der Waals surface area (Å²) < 4.78 is 0. The first kappa shape index (κ1) is 14.3. The van der Waals surface area contributed by atoms with Crippen LogP contribution in [0, 0.1) is 20.8 Å². The molecule has 2 aromatic rings. The molecule has 0 aliphatic heterocycles. The van der Waals surface area contributed by atoms with Gasteiger partial charge in [-0.2, -0.15) is 0 Å². The Morgan fingerprint density at radius 3 is 2.55 bits per heavy atom. The molecular formula is C16H22N4. The molecule has 0 atom stereocenters. The number of nitrogens with two attached hydrogens (primary N) is 1. The van der Waals surface area contributed by atoms with E-state index in [1.165, 1.54) is 11.1 Å². The van der Waals surface area contributed by atoms with Crippen LogP contribution in [0.5, 0.6) is 0 Å². The van der Waals surface area contributed by atoms with E-state index < -0.39 is 0 Å². The van der Waals surface area contributed by atoms with Gasteiger partial charge in [-0.1, -0.05) is 31.0 Å². The van der Waals surface area contributed by atoms with Crippen LogP contribution in [-0.2, 0) is 6.42 Å². The van der Waals surface area contributed by atoms with E-state index in [2.05, 4.69) is 54.3 Å². The number of nitrogen functional groups attached to an aromatic ring is 1. The third-order valence-electron chi connectivity index (χ3n) is 3.26. The fraction of sp³-hybridized carbons (Fsp3) is 0.375. The van der Waals surface area contributed by atoms with Crippen molar-refractivity contribution in [2.45, 2.75) is 40.5 Å². The van der Waals surface area contributed by atoms with Crippen molar-refractivity contribution < 1.29 is 0 Å². The zero-order chi connectivity index (χ0) is 14.7. The summed E-state index contributed by atoms with van der Waals surface area (Å²) in [6, 6.07) is 6.27. The molecule has 2 rings (SSSR count). The molecule has 4 nitrogen and oxygen atoms in total. The fourth-order valence-corrected chi connectivity index (χ4v) is 2.24. The normalized spacial score (nSPS) is 10.6. The van der Waals surface area contributed by atoms with E-state index in [0.29, 0.717) is 11.5 Å². The molecule has 0 spiro atoms. The average Bonchev–Trinajstić information content (AvgIpc) is 2.38. The molecule has 0 radical (unpaired) electrons. The topological polar surface area (TPSA) is 63.8 Å². The van der Waals surface area contributed by atoms with Crippen LogP contribution >= 0.6 is 0 Å². The van der Waals surface area contributed by atoms with Gasteiger partial charge in [0.05, 0.1) is 11.4 Å². The Balaban J connectivity index is 2.37. The molecule has 0 aliphatic rings. The Morgan fingerprint density at radius 2 is 1.90 bits per heavy atom. The van der Waals surface area contributed by atoms with Gasteiger partial charge >= 0.3 is 0 Å². The second-order valence-corrected chi connectivity index (χ2v) is 5.17. The number of hydrogen-bond donors (Lipinski definition) is 2. The highest BCUT2D eigenvalue weighted by Gasteiger charge is 2.10. The number of aryl methyl sites for hydroxylation is 4. The van der Waals surface area contributed by atoms with Crippen LogP contribution < -0.4 is 11.1 Å². The molecule has 0 fully saturated rings. The van der Waals surface area contributed by atoms with Gasteiger partial charge in [-0.15, -0.1) is 0 Å². The van der Waals surface area contributed by atoms with Gasteiger partial charge in [-0.25, -0.2) is 9.97 Å². The van der Waals surface area contributed by atoms with Crippen LogP contribution in [-0.4, -0.2) is 9.97 Å². The molecule has 1 aromatic carbocycles. The summed E-state index contributed by atoms with van der Waals surface area (Å²) >= 11 is 0. The summed E-state index contributed by atoms with van der Waals surface area (Å²) in [6.07, 6.45) is 1.89. The maximum Gasteiger partial charge on any atom is 0.157 e. The summed E-state index contributed by atoms with van der Waals surface area (Å²) in [6.45, 7) is 8.17.